The minimum atomic E-state index is -1.06. The minimum Gasteiger partial charge on any atom is -0.465 e. The van der Waals surface area contributed by atoms with Crippen LogP contribution in [0, 0.1) is 12.7 Å². The molecule has 0 atom stereocenters. The number of methoxy groups -OCH3 is 1. The number of anilines is 1. The monoisotopic (exact) mass is 321 g/mol. The lowest BCUT2D eigenvalue weighted by Gasteiger charge is -2.14. The number of nitrogens with zero attached hydrogens (tertiary/aromatic N) is 1. The Morgan fingerprint density at radius 2 is 2.17 bits per heavy atom. The van der Waals surface area contributed by atoms with Gasteiger partial charge >= 0.3 is 6.09 Å². The summed E-state index contributed by atoms with van der Waals surface area (Å²) < 4.78 is 18.7. The lowest BCUT2D eigenvalue weighted by atomic mass is 10.1. The van der Waals surface area contributed by atoms with E-state index in [9.17, 15) is 9.18 Å². The first kappa shape index (κ1) is 17.0. The van der Waals surface area contributed by atoms with E-state index in [0.717, 1.165) is 10.9 Å². The Hall–Kier alpha value is -2.41. The third kappa shape index (κ3) is 4.29. The predicted octanol–water partition coefficient (Wildman–Crippen LogP) is 2.55. The van der Waals surface area contributed by atoms with Gasteiger partial charge in [-0.2, -0.15) is 0 Å². The van der Waals surface area contributed by atoms with Crippen molar-refractivity contribution in [1.29, 1.82) is 0 Å². The van der Waals surface area contributed by atoms with Crippen LogP contribution in [0.3, 0.4) is 0 Å². The van der Waals surface area contributed by atoms with Crippen LogP contribution in [-0.4, -0.2) is 43.0 Å². The molecule has 1 aromatic carbocycles. The molecular formula is C16H20FN3O3. The van der Waals surface area contributed by atoms with Gasteiger partial charge in [0.05, 0.1) is 12.1 Å². The molecule has 0 aliphatic heterocycles. The van der Waals surface area contributed by atoms with Crippen molar-refractivity contribution >= 4 is 22.8 Å². The molecule has 0 unspecified atom stereocenters. The van der Waals surface area contributed by atoms with Gasteiger partial charge in [0, 0.05) is 31.1 Å². The fourth-order valence-corrected chi connectivity index (χ4v) is 2.32. The molecule has 0 aliphatic carbocycles. The SMILES string of the molecule is COCCNc1nc2c(C)c(F)ccc2cc1CCNC(=O)O. The van der Waals surface area contributed by atoms with Gasteiger partial charge in [0.15, 0.2) is 0 Å². The molecule has 2 rings (SSSR count). The molecule has 6 nitrogen and oxygen atoms in total. The zero-order valence-electron chi connectivity index (χ0n) is 13.1. The number of aromatic nitrogens is 1. The third-order valence-electron chi connectivity index (χ3n) is 3.52. The molecule has 1 amide bonds. The maximum Gasteiger partial charge on any atom is 0.404 e. The van der Waals surface area contributed by atoms with Gasteiger partial charge in [0.25, 0.3) is 0 Å². The van der Waals surface area contributed by atoms with E-state index in [1.807, 2.05) is 6.07 Å². The van der Waals surface area contributed by atoms with Crippen LogP contribution in [0.5, 0.6) is 0 Å². The first-order valence-corrected chi connectivity index (χ1v) is 7.31. The highest BCUT2D eigenvalue weighted by Crippen LogP contribution is 2.25. The zero-order chi connectivity index (χ0) is 16.8. The average molecular weight is 321 g/mol. The van der Waals surface area contributed by atoms with Crippen LogP contribution in [0.25, 0.3) is 10.9 Å². The number of fused-ring (bicyclic) bond motifs is 1. The van der Waals surface area contributed by atoms with Gasteiger partial charge in [-0.05, 0) is 37.1 Å². The number of hydrogen-bond acceptors (Lipinski definition) is 4. The van der Waals surface area contributed by atoms with E-state index in [1.54, 1.807) is 20.1 Å². The third-order valence-corrected chi connectivity index (χ3v) is 3.52. The normalized spacial score (nSPS) is 10.7. The Balaban J connectivity index is 2.34. The van der Waals surface area contributed by atoms with Gasteiger partial charge in [-0.1, -0.05) is 0 Å². The first-order chi connectivity index (χ1) is 11.0. The second-order valence-corrected chi connectivity index (χ2v) is 5.14. The second kappa shape index (κ2) is 7.73. The van der Waals surface area contributed by atoms with Gasteiger partial charge < -0.3 is 20.5 Å². The van der Waals surface area contributed by atoms with Crippen LogP contribution >= 0.6 is 0 Å². The van der Waals surface area contributed by atoms with E-state index >= 15 is 0 Å². The lowest BCUT2D eigenvalue weighted by Crippen LogP contribution is -2.23. The fraction of sp³-hybridized carbons (Fsp3) is 0.375. The summed E-state index contributed by atoms with van der Waals surface area (Å²) in [6.45, 7) is 3.04. The molecule has 23 heavy (non-hydrogen) atoms. The molecule has 124 valence electrons. The maximum atomic E-state index is 13.7. The molecule has 3 N–H and O–H groups in total. The largest absolute Gasteiger partial charge is 0.465 e. The highest BCUT2D eigenvalue weighted by atomic mass is 19.1. The summed E-state index contributed by atoms with van der Waals surface area (Å²) in [5, 5.41) is 15.0. The van der Waals surface area contributed by atoms with Crippen LogP contribution in [-0.2, 0) is 11.2 Å². The van der Waals surface area contributed by atoms with Crippen LogP contribution in [0.1, 0.15) is 11.1 Å². The van der Waals surface area contributed by atoms with E-state index in [-0.39, 0.29) is 12.4 Å². The molecule has 2 aromatic rings. The van der Waals surface area contributed by atoms with Crippen molar-refractivity contribution in [1.82, 2.24) is 10.3 Å². The number of amides is 1. The Labute approximate surface area is 133 Å². The Kier molecular flexibility index (Phi) is 5.70. The van der Waals surface area contributed by atoms with Crippen LogP contribution in [0.4, 0.5) is 15.0 Å². The fourth-order valence-electron chi connectivity index (χ4n) is 2.32. The summed E-state index contributed by atoms with van der Waals surface area (Å²) in [6.07, 6.45) is -0.577. The quantitative estimate of drug-likeness (QED) is 0.683. The summed E-state index contributed by atoms with van der Waals surface area (Å²) in [6, 6.07) is 5.00. The molecule has 1 aromatic heterocycles. The van der Waals surface area contributed by atoms with E-state index in [1.165, 1.54) is 6.07 Å². The minimum absolute atomic E-state index is 0.279. The number of halogens is 1. The molecule has 0 saturated heterocycles. The number of carbonyl (C=O) groups is 1. The molecule has 7 heteroatoms. The highest BCUT2D eigenvalue weighted by Gasteiger charge is 2.11. The Bertz CT molecular complexity index is 707. The molecule has 1 heterocycles. The number of aryl methyl sites for hydroxylation is 1. The first-order valence-electron chi connectivity index (χ1n) is 7.31. The topological polar surface area (TPSA) is 83.5 Å². The maximum absolute atomic E-state index is 13.7. The molecule has 0 bridgehead atoms. The number of pyridine rings is 1. The lowest BCUT2D eigenvalue weighted by molar-refractivity contribution is 0.194. The number of rotatable bonds is 7. The molecule has 0 spiro atoms. The Morgan fingerprint density at radius 3 is 2.87 bits per heavy atom. The highest BCUT2D eigenvalue weighted by molar-refractivity contribution is 5.84. The molecular weight excluding hydrogens is 301 g/mol. The summed E-state index contributed by atoms with van der Waals surface area (Å²) in [5.74, 6) is 0.323. The predicted molar refractivity (Wildman–Crippen MR) is 86.5 cm³/mol. The number of benzene rings is 1. The molecule has 0 saturated carbocycles. The van der Waals surface area contributed by atoms with Crippen molar-refractivity contribution in [2.24, 2.45) is 0 Å². The number of ether oxygens (including phenoxy) is 1. The number of hydrogen-bond donors (Lipinski definition) is 3. The van der Waals surface area contributed by atoms with E-state index in [0.29, 0.717) is 36.5 Å². The van der Waals surface area contributed by atoms with Crippen molar-refractivity contribution in [2.45, 2.75) is 13.3 Å². The number of carboxylic acid groups (broad SMARTS) is 1. The average Bonchev–Trinajstić information content (AvgIpc) is 2.52. The van der Waals surface area contributed by atoms with Crippen molar-refractivity contribution < 1.29 is 19.0 Å². The van der Waals surface area contributed by atoms with Gasteiger partial charge in [0.1, 0.15) is 11.6 Å². The van der Waals surface area contributed by atoms with Gasteiger partial charge in [-0.15, -0.1) is 0 Å². The standard InChI is InChI=1S/C16H20FN3O3/c1-10-13(17)4-3-11-9-12(5-6-19-16(21)22)15(20-14(10)11)18-7-8-23-2/h3-4,9,19H,5-8H2,1-2H3,(H,18,20)(H,21,22). The summed E-state index contributed by atoms with van der Waals surface area (Å²) >= 11 is 0. The van der Waals surface area contributed by atoms with E-state index in [2.05, 4.69) is 15.6 Å². The summed E-state index contributed by atoms with van der Waals surface area (Å²) in [4.78, 5) is 15.1. The second-order valence-electron chi connectivity index (χ2n) is 5.14. The zero-order valence-corrected chi connectivity index (χ0v) is 13.1. The van der Waals surface area contributed by atoms with Crippen LogP contribution < -0.4 is 10.6 Å². The van der Waals surface area contributed by atoms with Crippen molar-refractivity contribution in [3.63, 3.8) is 0 Å². The van der Waals surface area contributed by atoms with E-state index < -0.39 is 6.09 Å². The summed E-state index contributed by atoms with van der Waals surface area (Å²) in [7, 11) is 1.60. The molecule has 0 radical (unpaired) electrons. The van der Waals surface area contributed by atoms with Crippen molar-refractivity contribution in [3.8, 4) is 0 Å². The summed E-state index contributed by atoms with van der Waals surface area (Å²) in [5.41, 5.74) is 1.96. The van der Waals surface area contributed by atoms with Gasteiger partial charge in [-0.25, -0.2) is 14.2 Å². The smallest absolute Gasteiger partial charge is 0.404 e. The molecule has 0 fully saturated rings. The van der Waals surface area contributed by atoms with Gasteiger partial charge in [-0.3, -0.25) is 0 Å². The van der Waals surface area contributed by atoms with Gasteiger partial charge in [0.2, 0.25) is 0 Å². The number of nitrogens with one attached hydrogen (secondary N) is 2. The van der Waals surface area contributed by atoms with Crippen molar-refractivity contribution in [2.75, 3.05) is 32.1 Å². The van der Waals surface area contributed by atoms with E-state index in [4.69, 9.17) is 9.84 Å². The van der Waals surface area contributed by atoms with Crippen LogP contribution in [0.15, 0.2) is 18.2 Å². The Morgan fingerprint density at radius 1 is 1.39 bits per heavy atom. The van der Waals surface area contributed by atoms with Crippen LogP contribution in [0.2, 0.25) is 0 Å². The molecule has 0 aliphatic rings. The van der Waals surface area contributed by atoms with Crippen molar-refractivity contribution in [3.05, 3.63) is 35.1 Å².